The fraction of sp³-hybridized carbons (Fsp3) is 0. The van der Waals surface area contributed by atoms with Crippen molar-refractivity contribution in [1.29, 1.82) is 0 Å². The van der Waals surface area contributed by atoms with Gasteiger partial charge < -0.3 is 0 Å². The van der Waals surface area contributed by atoms with Gasteiger partial charge in [0.25, 0.3) is 5.69 Å². The van der Waals surface area contributed by atoms with Crippen molar-refractivity contribution in [3.05, 3.63) is 72.2 Å². The summed E-state index contributed by atoms with van der Waals surface area (Å²) in [5.74, 6) is 0. The van der Waals surface area contributed by atoms with Crippen LogP contribution in [-0.4, -0.2) is 16.1 Å². The average Bonchev–Trinajstić information content (AvgIpc) is 2.50. The molecule has 0 atom stereocenters. The molecule has 8 nitrogen and oxygen atoms in total. The molecule has 0 amide bonds. The normalized spacial score (nSPS) is 10.7. The Morgan fingerprint density at radius 2 is 1.74 bits per heavy atom. The predicted molar refractivity (Wildman–Crippen MR) is 87.4 cm³/mol. The number of hydrogen-bond acceptors (Lipinski definition) is 6. The van der Waals surface area contributed by atoms with Crippen LogP contribution in [0.3, 0.4) is 0 Å². The summed E-state index contributed by atoms with van der Waals surface area (Å²) in [7, 11) is 0. The van der Waals surface area contributed by atoms with Crippen LogP contribution in [0.25, 0.3) is 0 Å². The molecule has 0 aromatic heterocycles. The third-order valence-electron chi connectivity index (χ3n) is 2.73. The molecule has 0 aliphatic rings. The Balaban J connectivity index is 2.22. The van der Waals surface area contributed by atoms with E-state index in [4.69, 9.17) is 23.2 Å². The summed E-state index contributed by atoms with van der Waals surface area (Å²) in [5.41, 5.74) is 2.29. The molecule has 2 aromatic rings. The van der Waals surface area contributed by atoms with E-state index in [1.807, 2.05) is 0 Å². The van der Waals surface area contributed by atoms with Gasteiger partial charge >= 0.3 is 5.69 Å². The lowest BCUT2D eigenvalue weighted by molar-refractivity contribution is -0.393. The zero-order chi connectivity index (χ0) is 17.0. The van der Waals surface area contributed by atoms with Crippen LogP contribution in [0, 0.1) is 20.2 Å². The van der Waals surface area contributed by atoms with E-state index in [0.717, 1.165) is 12.1 Å². The SMILES string of the molecule is O=[N+]([O-])c1ccc(N/N=C/c2ccc(Cl)c(Cl)c2)c([N+](=O)[O-])c1. The molecule has 0 fully saturated rings. The highest BCUT2D eigenvalue weighted by molar-refractivity contribution is 6.42. The van der Waals surface area contributed by atoms with E-state index in [1.165, 1.54) is 12.3 Å². The third-order valence-corrected chi connectivity index (χ3v) is 3.47. The summed E-state index contributed by atoms with van der Waals surface area (Å²) in [5, 5.41) is 26.2. The molecular formula is C13H8Cl2N4O4. The van der Waals surface area contributed by atoms with Crippen LogP contribution in [0.2, 0.25) is 10.0 Å². The summed E-state index contributed by atoms with van der Waals surface area (Å²) >= 11 is 11.6. The molecule has 0 heterocycles. The molecule has 10 heteroatoms. The Morgan fingerprint density at radius 1 is 1.00 bits per heavy atom. The molecule has 0 unspecified atom stereocenters. The van der Waals surface area contributed by atoms with Crippen molar-refractivity contribution in [2.75, 3.05) is 5.43 Å². The van der Waals surface area contributed by atoms with Crippen LogP contribution in [0.4, 0.5) is 17.1 Å². The van der Waals surface area contributed by atoms with E-state index in [2.05, 4.69) is 10.5 Å². The number of nitro benzene ring substituents is 2. The number of non-ortho nitro benzene ring substituents is 1. The number of anilines is 1. The lowest BCUT2D eigenvalue weighted by Gasteiger charge is -2.02. The smallest absolute Gasteiger partial charge is 0.272 e. The number of benzene rings is 2. The van der Waals surface area contributed by atoms with E-state index >= 15 is 0 Å². The number of nitrogens with one attached hydrogen (secondary N) is 1. The van der Waals surface area contributed by atoms with Gasteiger partial charge in [-0.3, -0.25) is 25.7 Å². The van der Waals surface area contributed by atoms with Crippen LogP contribution in [0.1, 0.15) is 5.56 Å². The fourth-order valence-electron chi connectivity index (χ4n) is 1.65. The van der Waals surface area contributed by atoms with E-state index in [-0.39, 0.29) is 11.4 Å². The number of hydrogen-bond donors (Lipinski definition) is 1. The van der Waals surface area contributed by atoms with Gasteiger partial charge in [-0.2, -0.15) is 5.10 Å². The zero-order valence-corrected chi connectivity index (χ0v) is 12.8. The van der Waals surface area contributed by atoms with Crippen molar-refractivity contribution in [3.63, 3.8) is 0 Å². The molecule has 0 aliphatic carbocycles. The van der Waals surface area contributed by atoms with Crippen LogP contribution in [-0.2, 0) is 0 Å². The Morgan fingerprint density at radius 3 is 2.35 bits per heavy atom. The van der Waals surface area contributed by atoms with Crippen LogP contribution < -0.4 is 5.43 Å². The number of halogens is 2. The number of nitrogens with zero attached hydrogens (tertiary/aromatic N) is 3. The molecule has 2 rings (SSSR count). The van der Waals surface area contributed by atoms with Crippen LogP contribution in [0.15, 0.2) is 41.5 Å². The minimum Gasteiger partial charge on any atom is -0.272 e. The average molecular weight is 355 g/mol. The molecule has 0 radical (unpaired) electrons. The zero-order valence-electron chi connectivity index (χ0n) is 11.3. The largest absolute Gasteiger partial charge is 0.301 e. The Bertz CT molecular complexity index is 811. The maximum Gasteiger partial charge on any atom is 0.301 e. The molecule has 0 saturated carbocycles. The fourth-order valence-corrected chi connectivity index (χ4v) is 1.95. The van der Waals surface area contributed by atoms with Crippen molar-refractivity contribution in [1.82, 2.24) is 0 Å². The highest BCUT2D eigenvalue weighted by Crippen LogP contribution is 2.29. The molecule has 0 bridgehead atoms. The first-order chi connectivity index (χ1) is 10.9. The third kappa shape index (κ3) is 4.15. The van der Waals surface area contributed by atoms with Gasteiger partial charge in [-0.25, -0.2) is 0 Å². The Kier molecular flexibility index (Phi) is 5.09. The van der Waals surface area contributed by atoms with Gasteiger partial charge in [-0.1, -0.05) is 29.3 Å². The second kappa shape index (κ2) is 7.03. The van der Waals surface area contributed by atoms with Gasteiger partial charge in [0.15, 0.2) is 0 Å². The van der Waals surface area contributed by atoms with E-state index < -0.39 is 15.5 Å². The highest BCUT2D eigenvalue weighted by atomic mass is 35.5. The Labute approximate surface area is 139 Å². The van der Waals surface area contributed by atoms with Crippen molar-refractivity contribution >= 4 is 46.5 Å². The van der Waals surface area contributed by atoms with Crippen LogP contribution in [0.5, 0.6) is 0 Å². The lowest BCUT2D eigenvalue weighted by Crippen LogP contribution is -1.98. The van der Waals surface area contributed by atoms with Gasteiger partial charge in [0.05, 0.1) is 32.2 Å². The second-order valence-electron chi connectivity index (χ2n) is 4.26. The lowest BCUT2D eigenvalue weighted by atomic mass is 10.2. The molecule has 2 aromatic carbocycles. The van der Waals surface area contributed by atoms with E-state index in [9.17, 15) is 20.2 Å². The quantitative estimate of drug-likeness (QED) is 0.489. The van der Waals surface area contributed by atoms with Gasteiger partial charge in [0.1, 0.15) is 5.69 Å². The molecule has 0 spiro atoms. The summed E-state index contributed by atoms with van der Waals surface area (Å²) in [6.07, 6.45) is 1.38. The van der Waals surface area contributed by atoms with Gasteiger partial charge in [-0.05, 0) is 23.8 Å². The monoisotopic (exact) mass is 354 g/mol. The highest BCUT2D eigenvalue weighted by Gasteiger charge is 2.19. The first kappa shape index (κ1) is 16.7. The minimum atomic E-state index is -0.732. The van der Waals surface area contributed by atoms with Gasteiger partial charge in [0, 0.05) is 6.07 Å². The van der Waals surface area contributed by atoms with Crippen molar-refractivity contribution in [2.24, 2.45) is 5.10 Å². The summed E-state index contributed by atoms with van der Waals surface area (Å²) < 4.78 is 0. The first-order valence-electron chi connectivity index (χ1n) is 6.05. The summed E-state index contributed by atoms with van der Waals surface area (Å²) in [6, 6.07) is 8.02. The van der Waals surface area contributed by atoms with Crippen molar-refractivity contribution in [3.8, 4) is 0 Å². The molecule has 1 N–H and O–H groups in total. The second-order valence-corrected chi connectivity index (χ2v) is 5.07. The predicted octanol–water partition coefficient (Wildman–Crippen LogP) is 4.26. The maximum absolute atomic E-state index is 11.0. The molecule has 0 aliphatic heterocycles. The van der Waals surface area contributed by atoms with E-state index in [1.54, 1.807) is 18.2 Å². The van der Waals surface area contributed by atoms with Crippen LogP contribution >= 0.6 is 23.2 Å². The standard InChI is InChI=1S/C13H8Cl2N4O4/c14-10-3-1-8(5-11(10)15)7-16-17-12-4-2-9(18(20)21)6-13(12)19(22)23/h1-7,17H/b16-7+. The number of hydrazone groups is 1. The molecule has 118 valence electrons. The summed E-state index contributed by atoms with van der Waals surface area (Å²) in [6.45, 7) is 0. The number of rotatable bonds is 5. The van der Waals surface area contributed by atoms with E-state index in [0.29, 0.717) is 15.6 Å². The summed E-state index contributed by atoms with van der Waals surface area (Å²) in [4.78, 5) is 20.2. The van der Waals surface area contributed by atoms with Crippen molar-refractivity contribution in [2.45, 2.75) is 0 Å². The number of nitro groups is 2. The molecule has 23 heavy (non-hydrogen) atoms. The van der Waals surface area contributed by atoms with Gasteiger partial charge in [0.2, 0.25) is 0 Å². The van der Waals surface area contributed by atoms with Gasteiger partial charge in [-0.15, -0.1) is 0 Å². The van der Waals surface area contributed by atoms with Crippen molar-refractivity contribution < 1.29 is 9.85 Å². The minimum absolute atomic E-state index is 0.0249. The maximum atomic E-state index is 11.0. The topological polar surface area (TPSA) is 111 Å². The Hall–Kier alpha value is -2.71. The molecule has 0 saturated heterocycles. The molecular weight excluding hydrogens is 347 g/mol. The first-order valence-corrected chi connectivity index (χ1v) is 6.81.